The van der Waals surface area contributed by atoms with Crippen LogP contribution >= 0.6 is 11.8 Å². The number of nitrogens with zero attached hydrogens (tertiary/aromatic N) is 2. The Bertz CT molecular complexity index is 1090. The van der Waals surface area contributed by atoms with Gasteiger partial charge in [-0.2, -0.15) is 0 Å². The number of carbonyl (C=O) groups is 2. The van der Waals surface area contributed by atoms with Crippen LogP contribution in [-0.2, 0) is 9.59 Å². The maximum Gasteiger partial charge on any atom is 0.238 e. The topological polar surface area (TPSA) is 97.1 Å². The molecule has 0 aliphatic carbocycles. The highest BCUT2D eigenvalue weighted by molar-refractivity contribution is 8.01. The molecule has 3 aromatic rings. The fraction of sp³-hybridized carbons (Fsp3) is 0.182. The van der Waals surface area contributed by atoms with Crippen LogP contribution < -0.4 is 10.6 Å². The number of thioether (sulfide) groups is 1. The number of hydrogen-bond donors (Lipinski definition) is 2. The van der Waals surface area contributed by atoms with E-state index in [1.807, 2.05) is 30.3 Å². The SMILES string of the molecule is Cc1cc(NC(=O)C(C)SCC(=O)Nc2cccc(C#Cc3ccccn3)c2)no1. The van der Waals surface area contributed by atoms with E-state index in [9.17, 15) is 9.59 Å². The lowest BCUT2D eigenvalue weighted by Gasteiger charge is -2.10. The molecular formula is C22H20N4O3S. The van der Waals surface area contributed by atoms with Crippen LogP contribution in [0.2, 0.25) is 0 Å². The molecule has 0 radical (unpaired) electrons. The van der Waals surface area contributed by atoms with Gasteiger partial charge in [-0.05, 0) is 50.1 Å². The van der Waals surface area contributed by atoms with Gasteiger partial charge in [-0.3, -0.25) is 9.59 Å². The highest BCUT2D eigenvalue weighted by Crippen LogP contribution is 2.16. The lowest BCUT2D eigenvalue weighted by Crippen LogP contribution is -2.25. The fourth-order valence-electron chi connectivity index (χ4n) is 2.37. The van der Waals surface area contributed by atoms with Gasteiger partial charge in [-0.15, -0.1) is 11.8 Å². The fourth-order valence-corrected chi connectivity index (χ4v) is 3.06. The van der Waals surface area contributed by atoms with Gasteiger partial charge >= 0.3 is 0 Å². The van der Waals surface area contributed by atoms with Gasteiger partial charge in [-0.25, -0.2) is 4.98 Å². The molecule has 1 atom stereocenters. The Morgan fingerprint density at radius 3 is 2.73 bits per heavy atom. The molecule has 3 rings (SSSR count). The first kappa shape index (κ1) is 21.1. The van der Waals surface area contributed by atoms with Crippen molar-refractivity contribution in [3.8, 4) is 11.8 Å². The van der Waals surface area contributed by atoms with E-state index in [0.29, 0.717) is 23.0 Å². The second kappa shape index (κ2) is 10.3. The zero-order chi connectivity index (χ0) is 21.3. The van der Waals surface area contributed by atoms with E-state index in [-0.39, 0.29) is 17.6 Å². The van der Waals surface area contributed by atoms with Gasteiger partial charge in [0.1, 0.15) is 11.5 Å². The maximum absolute atomic E-state index is 12.3. The van der Waals surface area contributed by atoms with Gasteiger partial charge in [0.15, 0.2) is 5.82 Å². The van der Waals surface area contributed by atoms with E-state index in [1.54, 1.807) is 38.2 Å². The smallest absolute Gasteiger partial charge is 0.238 e. The van der Waals surface area contributed by atoms with Crippen LogP contribution in [0.25, 0.3) is 0 Å². The average Bonchev–Trinajstić information content (AvgIpc) is 3.16. The van der Waals surface area contributed by atoms with Crippen LogP contribution in [0, 0.1) is 18.8 Å². The van der Waals surface area contributed by atoms with Crippen molar-refractivity contribution in [1.82, 2.24) is 10.1 Å². The Labute approximate surface area is 178 Å². The number of pyridine rings is 1. The number of carbonyl (C=O) groups excluding carboxylic acids is 2. The number of aryl methyl sites for hydroxylation is 1. The van der Waals surface area contributed by atoms with E-state index in [0.717, 1.165) is 5.56 Å². The largest absolute Gasteiger partial charge is 0.360 e. The Morgan fingerprint density at radius 1 is 1.13 bits per heavy atom. The lowest BCUT2D eigenvalue weighted by atomic mass is 10.2. The van der Waals surface area contributed by atoms with Crippen LogP contribution in [-0.4, -0.2) is 33.0 Å². The van der Waals surface area contributed by atoms with Crippen LogP contribution in [0.3, 0.4) is 0 Å². The van der Waals surface area contributed by atoms with Gasteiger partial charge in [0, 0.05) is 23.5 Å². The van der Waals surface area contributed by atoms with Crippen LogP contribution in [0.4, 0.5) is 11.5 Å². The molecular weight excluding hydrogens is 400 g/mol. The molecule has 2 aromatic heterocycles. The first-order valence-electron chi connectivity index (χ1n) is 9.18. The second-order valence-electron chi connectivity index (χ2n) is 6.36. The van der Waals surface area contributed by atoms with E-state index in [4.69, 9.17) is 4.52 Å². The zero-order valence-electron chi connectivity index (χ0n) is 16.5. The Morgan fingerprint density at radius 2 is 2.00 bits per heavy atom. The van der Waals surface area contributed by atoms with E-state index < -0.39 is 5.25 Å². The molecule has 0 bridgehead atoms. The van der Waals surface area contributed by atoms with Gasteiger partial charge in [0.25, 0.3) is 0 Å². The minimum absolute atomic E-state index is 0.135. The third kappa shape index (κ3) is 6.50. The normalized spacial score (nSPS) is 11.1. The molecule has 0 aliphatic heterocycles. The molecule has 0 spiro atoms. The van der Waals surface area contributed by atoms with E-state index in [2.05, 4.69) is 32.6 Å². The first-order chi connectivity index (χ1) is 14.5. The summed E-state index contributed by atoms with van der Waals surface area (Å²) in [7, 11) is 0. The quantitative estimate of drug-likeness (QED) is 0.593. The lowest BCUT2D eigenvalue weighted by molar-refractivity contribution is -0.115. The molecule has 0 saturated heterocycles. The molecule has 0 aliphatic rings. The molecule has 2 N–H and O–H groups in total. The highest BCUT2D eigenvalue weighted by Gasteiger charge is 2.17. The van der Waals surface area contributed by atoms with Crippen molar-refractivity contribution < 1.29 is 14.1 Å². The summed E-state index contributed by atoms with van der Waals surface area (Å²) >= 11 is 1.23. The third-order valence-corrected chi connectivity index (χ3v) is 5.00. The van der Waals surface area contributed by atoms with Crippen LogP contribution in [0.1, 0.15) is 23.9 Å². The number of nitrogens with one attached hydrogen (secondary N) is 2. The molecule has 0 fully saturated rings. The van der Waals surface area contributed by atoms with Crippen molar-refractivity contribution in [3.05, 3.63) is 71.7 Å². The minimum atomic E-state index is -0.427. The van der Waals surface area contributed by atoms with Crippen molar-refractivity contribution in [3.63, 3.8) is 0 Å². The molecule has 30 heavy (non-hydrogen) atoms. The third-order valence-electron chi connectivity index (χ3n) is 3.86. The monoisotopic (exact) mass is 420 g/mol. The number of anilines is 2. The predicted octanol–water partition coefficient (Wildman–Crippen LogP) is 3.48. The van der Waals surface area contributed by atoms with Crippen LogP contribution in [0.15, 0.2) is 59.3 Å². The summed E-state index contributed by atoms with van der Waals surface area (Å²) in [5.41, 5.74) is 2.08. The first-order valence-corrected chi connectivity index (χ1v) is 10.2. The number of hydrogen-bond acceptors (Lipinski definition) is 6. The summed E-state index contributed by atoms with van der Waals surface area (Å²) in [6, 6.07) is 14.4. The summed E-state index contributed by atoms with van der Waals surface area (Å²) in [5, 5.41) is 8.77. The van der Waals surface area contributed by atoms with E-state index in [1.165, 1.54) is 11.8 Å². The van der Waals surface area contributed by atoms with Crippen molar-refractivity contribution in [2.24, 2.45) is 0 Å². The van der Waals surface area contributed by atoms with Crippen molar-refractivity contribution in [2.45, 2.75) is 19.1 Å². The number of rotatable bonds is 6. The van der Waals surface area contributed by atoms with Crippen molar-refractivity contribution >= 4 is 35.1 Å². The molecule has 152 valence electrons. The maximum atomic E-state index is 12.3. The highest BCUT2D eigenvalue weighted by atomic mass is 32.2. The summed E-state index contributed by atoms with van der Waals surface area (Å²) in [4.78, 5) is 28.6. The molecule has 2 heterocycles. The minimum Gasteiger partial charge on any atom is -0.360 e. The van der Waals surface area contributed by atoms with Gasteiger partial charge in [-0.1, -0.05) is 23.2 Å². The number of aromatic nitrogens is 2. The Hall–Kier alpha value is -3.57. The molecule has 8 heteroatoms. The zero-order valence-corrected chi connectivity index (χ0v) is 17.3. The number of benzene rings is 1. The molecule has 7 nitrogen and oxygen atoms in total. The van der Waals surface area contributed by atoms with Crippen LogP contribution in [0.5, 0.6) is 0 Å². The summed E-state index contributed by atoms with van der Waals surface area (Å²) < 4.78 is 4.91. The Kier molecular flexibility index (Phi) is 7.24. The summed E-state index contributed by atoms with van der Waals surface area (Å²) in [5.74, 6) is 6.67. The standard InChI is InChI=1S/C22H20N4O3S/c1-15-12-20(26-29-15)25-22(28)16(2)30-14-21(27)24-19-8-5-6-17(13-19)9-10-18-7-3-4-11-23-18/h3-8,11-13,16H,14H2,1-2H3,(H,24,27)(H,25,26,28). The number of amides is 2. The van der Waals surface area contributed by atoms with Crippen molar-refractivity contribution in [1.29, 1.82) is 0 Å². The average molecular weight is 420 g/mol. The molecule has 1 unspecified atom stereocenters. The summed E-state index contributed by atoms with van der Waals surface area (Å²) in [6.07, 6.45) is 1.69. The van der Waals surface area contributed by atoms with Gasteiger partial charge < -0.3 is 15.2 Å². The van der Waals surface area contributed by atoms with Gasteiger partial charge in [0.2, 0.25) is 11.8 Å². The molecule has 2 amide bonds. The second-order valence-corrected chi connectivity index (χ2v) is 7.69. The van der Waals surface area contributed by atoms with Gasteiger partial charge in [0.05, 0.1) is 11.0 Å². The molecule has 0 saturated carbocycles. The predicted molar refractivity (Wildman–Crippen MR) is 117 cm³/mol. The molecule has 1 aromatic carbocycles. The van der Waals surface area contributed by atoms with Crippen molar-refractivity contribution in [2.75, 3.05) is 16.4 Å². The Balaban J connectivity index is 1.50. The summed E-state index contributed by atoms with van der Waals surface area (Å²) in [6.45, 7) is 3.47. The van der Waals surface area contributed by atoms with E-state index >= 15 is 0 Å².